The van der Waals surface area contributed by atoms with Crippen LogP contribution in [0.5, 0.6) is 34.6 Å². The van der Waals surface area contributed by atoms with E-state index >= 15 is 0 Å². The molecular weight excluding hydrogens is 656 g/mol. The highest BCUT2D eigenvalue weighted by atomic mass is 32.3. The minimum absolute atomic E-state index is 0.143. The van der Waals surface area contributed by atoms with Gasteiger partial charge in [-0.1, -0.05) is 6.08 Å². The smallest absolute Gasteiger partial charge is 0.387 e. The zero-order valence-electron chi connectivity index (χ0n) is 20.2. The maximum Gasteiger partial charge on any atom is 0.502 e. The van der Waals surface area contributed by atoms with E-state index in [-0.39, 0.29) is 18.9 Å². The zero-order valence-corrected chi connectivity index (χ0v) is 23.5. The lowest BCUT2D eigenvalue weighted by Crippen LogP contribution is -2.75. The minimum Gasteiger partial charge on any atom is -0.387 e. The molecule has 23 heteroatoms. The molecule has 8 heterocycles. The molecule has 7 aliphatic heterocycles. The molecule has 19 nitrogen and oxygen atoms in total. The Morgan fingerprint density at radius 2 is 1.40 bits per heavy atom. The monoisotopic (exact) mass is 670 g/mol. The Labute approximate surface area is 236 Å². The van der Waals surface area contributed by atoms with Gasteiger partial charge in [0.25, 0.3) is 11.8 Å². The van der Waals surface area contributed by atoms with Crippen LogP contribution < -0.4 is 25.1 Å². The minimum atomic E-state index is -4.86. The van der Waals surface area contributed by atoms with Gasteiger partial charge in [0.1, 0.15) is 5.52 Å². The van der Waals surface area contributed by atoms with Gasteiger partial charge in [0, 0.05) is 18.2 Å². The zero-order chi connectivity index (χ0) is 29.8. The van der Waals surface area contributed by atoms with E-state index in [1.807, 2.05) is 0 Å². The van der Waals surface area contributed by atoms with Crippen molar-refractivity contribution < 1.29 is 72.2 Å². The molecule has 0 amide bonds. The molecule has 7 aliphatic rings. The van der Waals surface area contributed by atoms with E-state index in [1.165, 1.54) is 11.0 Å². The third kappa shape index (κ3) is 3.40. The van der Waals surface area contributed by atoms with Gasteiger partial charge in [-0.2, -0.15) is 16.8 Å². The number of aromatic nitrogens is 1. The molecule has 2 aromatic rings. The molecule has 4 fully saturated rings. The molecule has 1 unspecified atom stereocenters. The SMILES string of the molecule is C=C[C@H]1[C@H]2CCN([C@H]([C@H](O)c3c4c(nc5c6c(c7c(c35)OS(=O)(=O)O7)OS(=O)(=O)O6)OS(=O)(=O)O4)C2)C12OS(=O)(=O)O2. The van der Waals surface area contributed by atoms with E-state index in [0.717, 1.165) is 0 Å². The van der Waals surface area contributed by atoms with Crippen LogP contribution in [-0.2, 0) is 50.0 Å². The van der Waals surface area contributed by atoms with E-state index in [0.29, 0.717) is 6.42 Å². The summed E-state index contributed by atoms with van der Waals surface area (Å²) >= 11 is 0. The van der Waals surface area contributed by atoms with Crippen LogP contribution in [0.25, 0.3) is 10.9 Å². The second-order valence-electron chi connectivity index (χ2n) is 9.88. The fraction of sp³-hybridized carbons (Fsp3) is 0.421. The van der Waals surface area contributed by atoms with Crippen LogP contribution in [0.15, 0.2) is 12.7 Å². The number of rotatable bonds is 3. The molecule has 1 aromatic carbocycles. The molecule has 0 radical (unpaired) electrons. The molecular formula is C19H14N2O17S4. The summed E-state index contributed by atoms with van der Waals surface area (Å²) in [6.07, 6.45) is 0.255. The standard InChI is InChI=1S/C19H14N2O17S4/c1-2-7-6-3-4-21(19(7)37-42(29,30)38-19)8(5-6)12(22)10-9-11(20-18-14(10)32-41(27,28)36-18)15-17(35-40(25,26)33-15)16-13(9)31-39(23,24)34-16/h2,6-8,12,22H,1,3-5H2/t6-,7-,8-,12-/m0/s1. The molecule has 9 rings (SSSR count). The second-order valence-corrected chi connectivity index (χ2v) is 14.5. The second kappa shape index (κ2) is 7.65. The first kappa shape index (κ1) is 26.4. The fourth-order valence-electron chi connectivity index (χ4n) is 6.34. The number of fused-ring (bicyclic) bond motifs is 9. The summed E-state index contributed by atoms with van der Waals surface area (Å²) in [6, 6.07) is -1.10. The van der Waals surface area contributed by atoms with E-state index in [4.69, 9.17) is 33.5 Å². The lowest BCUT2D eigenvalue weighted by atomic mass is 9.71. The Morgan fingerprint density at radius 1 is 0.833 bits per heavy atom. The van der Waals surface area contributed by atoms with Crippen molar-refractivity contribution >= 4 is 52.5 Å². The summed E-state index contributed by atoms with van der Waals surface area (Å²) < 4.78 is 137. The van der Waals surface area contributed by atoms with Crippen molar-refractivity contribution in [2.24, 2.45) is 11.8 Å². The predicted octanol–water partition coefficient (Wildman–Crippen LogP) is -0.842. The summed E-state index contributed by atoms with van der Waals surface area (Å²) in [7, 11) is -18.9. The Hall–Kier alpha value is -3.19. The number of aliphatic hydroxyl groups excluding tert-OH is 1. The van der Waals surface area contributed by atoms with E-state index in [9.17, 15) is 38.8 Å². The Bertz CT molecular complexity index is 2100. The van der Waals surface area contributed by atoms with Crippen molar-refractivity contribution in [1.82, 2.24) is 9.88 Å². The van der Waals surface area contributed by atoms with Crippen molar-refractivity contribution in [1.29, 1.82) is 0 Å². The van der Waals surface area contributed by atoms with Crippen LogP contribution in [0.1, 0.15) is 24.5 Å². The molecule has 42 heavy (non-hydrogen) atoms. The van der Waals surface area contributed by atoms with Crippen LogP contribution in [0.2, 0.25) is 0 Å². The van der Waals surface area contributed by atoms with E-state index < -0.39 is 117 Å². The number of piperidine rings is 3. The number of pyridine rings is 1. The average Bonchev–Trinajstić information content (AvgIpc) is 3.48. The highest BCUT2D eigenvalue weighted by molar-refractivity contribution is 7.83. The number of nitrogens with zero attached hydrogens (tertiary/aromatic N) is 2. The summed E-state index contributed by atoms with van der Waals surface area (Å²) in [6.45, 7) is 3.88. The predicted molar refractivity (Wildman–Crippen MR) is 128 cm³/mol. The van der Waals surface area contributed by atoms with Crippen LogP contribution in [0, 0.1) is 11.8 Å². The van der Waals surface area contributed by atoms with Crippen molar-refractivity contribution in [3.8, 4) is 34.6 Å². The topological polar surface area (TPSA) is 247 Å². The third-order valence-corrected chi connectivity index (χ3v) is 10.8. The van der Waals surface area contributed by atoms with Gasteiger partial charge in [0.2, 0.25) is 28.7 Å². The number of aliphatic hydroxyl groups is 1. The first-order chi connectivity index (χ1) is 19.5. The molecule has 0 saturated carbocycles. The Balaban J connectivity index is 1.39. The maximum absolute atomic E-state index is 12.3. The van der Waals surface area contributed by atoms with Gasteiger partial charge >= 0.3 is 41.6 Å². The van der Waals surface area contributed by atoms with Gasteiger partial charge in [0.05, 0.1) is 17.4 Å². The fourth-order valence-corrected chi connectivity index (χ4v) is 9.56. The lowest BCUT2D eigenvalue weighted by molar-refractivity contribution is -0.358. The normalized spacial score (nSPS) is 32.9. The van der Waals surface area contributed by atoms with Gasteiger partial charge in [0.15, 0.2) is 0 Å². The molecule has 1 spiro atoms. The average molecular weight is 671 g/mol. The van der Waals surface area contributed by atoms with Crippen LogP contribution in [-0.4, -0.2) is 67.2 Å². The van der Waals surface area contributed by atoms with Gasteiger partial charge < -0.3 is 30.2 Å². The number of hydrogen-bond donors (Lipinski definition) is 1. The van der Waals surface area contributed by atoms with Crippen LogP contribution in [0.3, 0.4) is 0 Å². The highest BCUT2D eigenvalue weighted by Gasteiger charge is 2.69. The largest absolute Gasteiger partial charge is 0.502 e. The van der Waals surface area contributed by atoms with Crippen molar-refractivity contribution in [3.63, 3.8) is 0 Å². The summed E-state index contributed by atoms with van der Waals surface area (Å²) in [5.74, 6) is -7.34. The third-order valence-electron chi connectivity index (χ3n) is 7.70. The summed E-state index contributed by atoms with van der Waals surface area (Å²) in [4.78, 5) is 5.36. The maximum atomic E-state index is 12.3. The molecule has 0 aliphatic carbocycles. The lowest BCUT2D eigenvalue weighted by Gasteiger charge is -2.62. The molecule has 5 atom stereocenters. The Morgan fingerprint density at radius 3 is 2.05 bits per heavy atom. The van der Waals surface area contributed by atoms with Gasteiger partial charge in [-0.15, -0.1) is 31.8 Å². The molecule has 2 bridgehead atoms. The molecule has 4 saturated heterocycles. The highest BCUT2D eigenvalue weighted by Crippen LogP contribution is 2.62. The first-order valence-electron chi connectivity index (χ1n) is 11.8. The quantitative estimate of drug-likeness (QED) is 0.391. The molecule has 1 N–H and O–H groups in total. The number of hydrogen-bond acceptors (Lipinski definition) is 19. The van der Waals surface area contributed by atoms with Crippen LogP contribution in [0.4, 0.5) is 0 Å². The van der Waals surface area contributed by atoms with E-state index in [2.05, 4.69) is 11.6 Å². The van der Waals surface area contributed by atoms with Crippen molar-refractivity contribution in [3.05, 3.63) is 18.2 Å². The summed E-state index contributed by atoms with van der Waals surface area (Å²) in [5, 5.41) is 11.4. The summed E-state index contributed by atoms with van der Waals surface area (Å²) in [5.41, 5.74) is -1.05. The van der Waals surface area contributed by atoms with Gasteiger partial charge in [-0.05, 0) is 18.8 Å². The number of benzene rings is 1. The Kier molecular flexibility index (Phi) is 4.82. The van der Waals surface area contributed by atoms with E-state index in [1.54, 1.807) is 0 Å². The molecule has 1 aromatic heterocycles. The molecule has 226 valence electrons. The van der Waals surface area contributed by atoms with Crippen LogP contribution >= 0.6 is 0 Å². The van der Waals surface area contributed by atoms with Gasteiger partial charge in [-0.25, -0.2) is 9.88 Å². The van der Waals surface area contributed by atoms with Crippen molar-refractivity contribution in [2.75, 3.05) is 6.54 Å². The van der Waals surface area contributed by atoms with Crippen molar-refractivity contribution in [2.45, 2.75) is 30.9 Å². The first-order valence-corrected chi connectivity index (χ1v) is 17.1. The van der Waals surface area contributed by atoms with Gasteiger partial charge in [-0.3, -0.25) is 0 Å².